The van der Waals surface area contributed by atoms with Crippen molar-refractivity contribution >= 4 is 46.3 Å². The average Bonchev–Trinajstić information content (AvgIpc) is 2.67. The molecule has 0 saturated carbocycles. The Hall–Kier alpha value is -2.17. The molecule has 5 nitrogen and oxygen atoms in total. The number of carboxylic acid groups (broad SMARTS) is 1. The van der Waals surface area contributed by atoms with Gasteiger partial charge in [0.25, 0.3) is 5.24 Å². The molecule has 0 bridgehead atoms. The molecule has 2 rings (SSSR count). The predicted molar refractivity (Wildman–Crippen MR) is 79.1 cm³/mol. The van der Waals surface area contributed by atoms with E-state index in [1.165, 1.54) is 0 Å². The van der Waals surface area contributed by atoms with Gasteiger partial charge in [-0.25, -0.2) is 0 Å². The fraction of sp³-hybridized carbons (Fsp3) is 0.0769. The molecule has 1 N–H and O–H groups in total. The van der Waals surface area contributed by atoms with Gasteiger partial charge in [0.15, 0.2) is 0 Å². The molecule has 1 heterocycles. The molecule has 1 aliphatic heterocycles. The fourth-order valence-corrected chi connectivity index (χ4v) is 2.81. The zero-order chi connectivity index (χ0) is 14.7. The number of thiocarbonyl (C=S) groups is 1. The van der Waals surface area contributed by atoms with E-state index in [9.17, 15) is 9.59 Å². The Balaban J connectivity index is 2.23. The third-order valence-corrected chi connectivity index (χ3v) is 4.00. The van der Waals surface area contributed by atoms with Gasteiger partial charge in [-0.2, -0.15) is 5.26 Å². The Morgan fingerprint density at radius 3 is 2.65 bits per heavy atom. The van der Waals surface area contributed by atoms with Gasteiger partial charge in [-0.1, -0.05) is 24.4 Å². The maximum absolute atomic E-state index is 11.7. The number of aliphatic carboxylic acids is 1. The number of rotatable bonds is 3. The predicted octanol–water partition coefficient (Wildman–Crippen LogP) is 2.48. The monoisotopic (exact) mass is 304 g/mol. The number of nitriles is 1. The van der Waals surface area contributed by atoms with Crippen molar-refractivity contribution in [1.82, 2.24) is 4.90 Å². The molecule has 0 spiro atoms. The zero-order valence-electron chi connectivity index (χ0n) is 10.1. The maximum Gasteiger partial charge on any atom is 0.323 e. The summed E-state index contributed by atoms with van der Waals surface area (Å²) < 4.78 is 0. The second-order valence-electron chi connectivity index (χ2n) is 3.90. The highest BCUT2D eigenvalue weighted by Crippen LogP contribution is 2.33. The second kappa shape index (κ2) is 5.86. The smallest absolute Gasteiger partial charge is 0.323 e. The minimum absolute atomic E-state index is 0.215. The number of carbonyl (C=O) groups is 2. The van der Waals surface area contributed by atoms with Crippen LogP contribution in [0.4, 0.5) is 4.79 Å². The summed E-state index contributed by atoms with van der Waals surface area (Å²) in [5, 5.41) is 17.0. The van der Waals surface area contributed by atoms with Gasteiger partial charge in [-0.15, -0.1) is 0 Å². The summed E-state index contributed by atoms with van der Waals surface area (Å²) >= 11 is 6.01. The average molecular weight is 304 g/mol. The first-order valence-corrected chi connectivity index (χ1v) is 6.71. The van der Waals surface area contributed by atoms with E-state index in [0.717, 1.165) is 22.2 Å². The Morgan fingerprint density at radius 1 is 1.45 bits per heavy atom. The maximum atomic E-state index is 11.7. The Morgan fingerprint density at radius 2 is 2.10 bits per heavy atom. The van der Waals surface area contributed by atoms with Gasteiger partial charge in [0, 0.05) is 0 Å². The number of hydrogen-bond donors (Lipinski definition) is 1. The van der Waals surface area contributed by atoms with E-state index >= 15 is 0 Å². The van der Waals surface area contributed by atoms with Crippen molar-refractivity contribution in [1.29, 1.82) is 5.26 Å². The SMILES string of the molecule is N#Cc1ccc(C=C2SC(=O)N(CC(=O)O)C2=S)cc1. The minimum Gasteiger partial charge on any atom is -0.480 e. The number of thioether (sulfide) groups is 1. The van der Waals surface area contributed by atoms with E-state index in [1.54, 1.807) is 30.3 Å². The molecule has 7 heteroatoms. The van der Waals surface area contributed by atoms with Crippen LogP contribution in [0.1, 0.15) is 11.1 Å². The highest BCUT2D eigenvalue weighted by molar-refractivity contribution is 8.19. The van der Waals surface area contributed by atoms with Crippen LogP contribution in [-0.4, -0.2) is 32.7 Å². The molecule has 1 aromatic carbocycles. The first-order chi connectivity index (χ1) is 9.51. The normalized spacial score (nSPS) is 16.6. The second-order valence-corrected chi connectivity index (χ2v) is 5.28. The van der Waals surface area contributed by atoms with Crippen LogP contribution in [0.25, 0.3) is 6.08 Å². The van der Waals surface area contributed by atoms with Crippen molar-refractivity contribution in [2.45, 2.75) is 0 Å². The van der Waals surface area contributed by atoms with Crippen LogP contribution in [0.2, 0.25) is 0 Å². The lowest BCUT2D eigenvalue weighted by atomic mass is 10.1. The van der Waals surface area contributed by atoms with Crippen LogP contribution in [0, 0.1) is 11.3 Å². The molecule has 0 atom stereocenters. The molecule has 0 aromatic heterocycles. The van der Waals surface area contributed by atoms with Crippen molar-refractivity contribution in [2.24, 2.45) is 0 Å². The number of hydrogen-bond acceptors (Lipinski definition) is 5. The third kappa shape index (κ3) is 3.04. The quantitative estimate of drug-likeness (QED) is 0.682. The first-order valence-electron chi connectivity index (χ1n) is 5.48. The van der Waals surface area contributed by atoms with Gasteiger partial charge < -0.3 is 5.11 Å². The number of benzene rings is 1. The Bertz CT molecular complexity index is 659. The number of carboxylic acids is 1. The van der Waals surface area contributed by atoms with E-state index in [-0.39, 0.29) is 4.99 Å². The van der Waals surface area contributed by atoms with Crippen molar-refractivity contribution < 1.29 is 14.7 Å². The molecule has 1 amide bonds. The van der Waals surface area contributed by atoms with Crippen LogP contribution >= 0.6 is 24.0 Å². The summed E-state index contributed by atoms with van der Waals surface area (Å²) in [6, 6.07) is 8.80. The lowest BCUT2D eigenvalue weighted by Gasteiger charge is -2.10. The van der Waals surface area contributed by atoms with Gasteiger partial charge in [-0.05, 0) is 35.5 Å². The highest BCUT2D eigenvalue weighted by Gasteiger charge is 2.32. The van der Waals surface area contributed by atoms with E-state index in [0.29, 0.717) is 10.5 Å². The van der Waals surface area contributed by atoms with E-state index in [1.807, 2.05) is 6.07 Å². The summed E-state index contributed by atoms with van der Waals surface area (Å²) in [5.74, 6) is -1.11. The molecule has 0 radical (unpaired) electrons. The van der Waals surface area contributed by atoms with Gasteiger partial charge in [-0.3, -0.25) is 14.5 Å². The Kier molecular flexibility index (Phi) is 4.17. The zero-order valence-corrected chi connectivity index (χ0v) is 11.7. The van der Waals surface area contributed by atoms with Crippen molar-refractivity contribution in [2.75, 3.05) is 6.54 Å². The summed E-state index contributed by atoms with van der Waals surface area (Å²) in [4.78, 5) is 24.2. The number of nitrogens with zero attached hydrogens (tertiary/aromatic N) is 2. The van der Waals surface area contributed by atoms with Crippen molar-refractivity contribution in [3.63, 3.8) is 0 Å². The standard InChI is InChI=1S/C13H8N2O3S2/c14-6-9-3-1-8(2-4-9)5-10-12(19)15(7-11(16)17)13(18)20-10/h1-5H,7H2,(H,16,17). The summed E-state index contributed by atoms with van der Waals surface area (Å²) in [6.45, 7) is -0.435. The van der Waals surface area contributed by atoms with Crippen LogP contribution in [0.3, 0.4) is 0 Å². The molecule has 1 aliphatic rings. The van der Waals surface area contributed by atoms with Crippen LogP contribution in [0.15, 0.2) is 29.2 Å². The lowest BCUT2D eigenvalue weighted by molar-refractivity contribution is -0.136. The molecule has 20 heavy (non-hydrogen) atoms. The Labute approximate surface area is 124 Å². The molecule has 1 fully saturated rings. The summed E-state index contributed by atoms with van der Waals surface area (Å²) in [6.07, 6.45) is 1.70. The lowest BCUT2D eigenvalue weighted by Crippen LogP contribution is -2.32. The molecule has 0 unspecified atom stereocenters. The van der Waals surface area contributed by atoms with E-state index < -0.39 is 17.8 Å². The molecule has 1 saturated heterocycles. The van der Waals surface area contributed by atoms with Crippen LogP contribution in [0.5, 0.6) is 0 Å². The van der Waals surface area contributed by atoms with Crippen molar-refractivity contribution in [3.05, 3.63) is 40.3 Å². The first kappa shape index (κ1) is 14.2. The van der Waals surface area contributed by atoms with E-state index in [4.69, 9.17) is 22.6 Å². The van der Waals surface area contributed by atoms with Crippen molar-refractivity contribution in [3.8, 4) is 6.07 Å². The van der Waals surface area contributed by atoms with Gasteiger partial charge in [0.2, 0.25) is 0 Å². The van der Waals surface area contributed by atoms with Gasteiger partial charge in [0.05, 0.1) is 16.5 Å². The van der Waals surface area contributed by atoms with E-state index in [2.05, 4.69) is 0 Å². The summed E-state index contributed by atoms with van der Waals surface area (Å²) in [5.41, 5.74) is 1.33. The third-order valence-electron chi connectivity index (χ3n) is 2.50. The van der Waals surface area contributed by atoms with Gasteiger partial charge >= 0.3 is 5.97 Å². The fourth-order valence-electron chi connectivity index (χ4n) is 1.58. The highest BCUT2D eigenvalue weighted by atomic mass is 32.2. The number of carbonyl (C=O) groups excluding carboxylic acids is 1. The minimum atomic E-state index is -1.11. The number of amides is 1. The van der Waals surface area contributed by atoms with Gasteiger partial charge in [0.1, 0.15) is 11.5 Å². The molecular weight excluding hydrogens is 296 g/mol. The largest absolute Gasteiger partial charge is 0.480 e. The van der Waals surface area contributed by atoms with Crippen LogP contribution in [-0.2, 0) is 4.79 Å². The van der Waals surface area contributed by atoms with Crippen LogP contribution < -0.4 is 0 Å². The topological polar surface area (TPSA) is 81.4 Å². The summed E-state index contributed by atoms with van der Waals surface area (Å²) in [7, 11) is 0. The molecule has 0 aliphatic carbocycles. The molecule has 100 valence electrons. The molecule has 1 aromatic rings. The molecular formula is C13H8N2O3S2.